The number of fused-ring (bicyclic) bond motifs is 2. The summed E-state index contributed by atoms with van der Waals surface area (Å²) < 4.78 is 6.98. The zero-order chi connectivity index (χ0) is 13.5. The van der Waals surface area contributed by atoms with Crippen molar-refractivity contribution in [2.75, 3.05) is 0 Å². The molecule has 3 nitrogen and oxygen atoms in total. The van der Waals surface area contributed by atoms with E-state index < -0.39 is 0 Å². The highest BCUT2D eigenvalue weighted by atomic mass is 32.1. The molecular weight excluding hydrogens is 268 g/mol. The Kier molecular flexibility index (Phi) is 2.58. The minimum Gasteiger partial charge on any atom is -0.459 e. The molecule has 0 saturated carbocycles. The van der Waals surface area contributed by atoms with Gasteiger partial charge >= 0.3 is 0 Å². The van der Waals surface area contributed by atoms with Crippen molar-refractivity contribution < 1.29 is 4.42 Å². The van der Waals surface area contributed by atoms with Gasteiger partial charge in [0, 0.05) is 11.6 Å². The lowest BCUT2D eigenvalue weighted by Crippen LogP contribution is -2.10. The molecule has 1 atom stereocenters. The maximum Gasteiger partial charge on any atom is 0.134 e. The lowest BCUT2D eigenvalue weighted by atomic mass is 10.1. The molecule has 4 heteroatoms. The summed E-state index contributed by atoms with van der Waals surface area (Å²) >= 11 is 1.67. The molecule has 3 aromatic heterocycles. The summed E-state index contributed by atoms with van der Waals surface area (Å²) in [6.45, 7) is 0. The third-order valence-electron chi connectivity index (χ3n) is 3.43. The molecule has 4 rings (SSSR count). The molecule has 0 aliphatic heterocycles. The summed E-state index contributed by atoms with van der Waals surface area (Å²) in [7, 11) is 0. The summed E-state index contributed by atoms with van der Waals surface area (Å²) in [5.41, 5.74) is 9.16. The zero-order valence-electron chi connectivity index (χ0n) is 10.6. The van der Waals surface area contributed by atoms with E-state index in [4.69, 9.17) is 10.2 Å². The van der Waals surface area contributed by atoms with E-state index in [1.165, 1.54) is 0 Å². The van der Waals surface area contributed by atoms with Crippen LogP contribution in [0.1, 0.15) is 17.4 Å². The van der Waals surface area contributed by atoms with Crippen molar-refractivity contribution in [1.82, 2.24) is 4.98 Å². The first-order chi connectivity index (χ1) is 9.81. The largest absolute Gasteiger partial charge is 0.459 e. The van der Waals surface area contributed by atoms with Crippen LogP contribution in [-0.4, -0.2) is 4.98 Å². The van der Waals surface area contributed by atoms with Crippen LogP contribution < -0.4 is 5.73 Å². The molecule has 0 bridgehead atoms. The van der Waals surface area contributed by atoms with Crippen molar-refractivity contribution in [3.8, 4) is 0 Å². The van der Waals surface area contributed by atoms with Crippen LogP contribution in [0.4, 0.5) is 0 Å². The van der Waals surface area contributed by atoms with Gasteiger partial charge in [-0.05, 0) is 35.2 Å². The Balaban J connectivity index is 1.79. The molecule has 0 aliphatic carbocycles. The molecule has 20 heavy (non-hydrogen) atoms. The van der Waals surface area contributed by atoms with E-state index in [0.717, 1.165) is 32.5 Å². The first-order valence-corrected chi connectivity index (χ1v) is 7.26. The highest BCUT2D eigenvalue weighted by Gasteiger charge is 2.15. The number of benzene rings is 1. The summed E-state index contributed by atoms with van der Waals surface area (Å²) in [5, 5.41) is 3.11. The van der Waals surface area contributed by atoms with Crippen molar-refractivity contribution >= 4 is 32.5 Å². The topological polar surface area (TPSA) is 52.0 Å². The molecule has 0 fully saturated rings. The molecule has 0 amide bonds. The van der Waals surface area contributed by atoms with Gasteiger partial charge in [0.25, 0.3) is 0 Å². The van der Waals surface area contributed by atoms with E-state index in [9.17, 15) is 0 Å². The molecule has 2 N–H and O–H groups in total. The van der Waals surface area contributed by atoms with Crippen LogP contribution in [0.25, 0.3) is 21.2 Å². The Morgan fingerprint density at radius 2 is 2.05 bits per heavy atom. The van der Waals surface area contributed by atoms with E-state index in [2.05, 4.69) is 11.1 Å². The van der Waals surface area contributed by atoms with Gasteiger partial charge < -0.3 is 10.2 Å². The second-order valence-electron chi connectivity index (χ2n) is 4.74. The number of hydrogen-bond acceptors (Lipinski definition) is 4. The van der Waals surface area contributed by atoms with Gasteiger partial charge in [0.15, 0.2) is 0 Å². The Hall–Kier alpha value is -2.17. The smallest absolute Gasteiger partial charge is 0.134 e. The van der Waals surface area contributed by atoms with Crippen molar-refractivity contribution in [2.45, 2.75) is 6.04 Å². The Morgan fingerprint density at radius 3 is 2.95 bits per heavy atom. The van der Waals surface area contributed by atoms with E-state index in [0.29, 0.717) is 0 Å². The number of hydrogen-bond donors (Lipinski definition) is 1. The van der Waals surface area contributed by atoms with Gasteiger partial charge in [-0.25, -0.2) is 0 Å². The number of furan rings is 1. The average Bonchev–Trinajstić information content (AvgIpc) is 3.11. The molecule has 1 unspecified atom stereocenters. The first kappa shape index (κ1) is 11.6. The second kappa shape index (κ2) is 4.44. The standard InChI is InChI=1S/C16H12N2OS/c17-16(11-8-15-12(18-9-11)5-6-20-15)14-7-10-3-1-2-4-13(10)19-14/h1-9,16H,17H2. The van der Waals surface area contributed by atoms with Gasteiger partial charge in [-0.3, -0.25) is 4.98 Å². The number of aromatic nitrogens is 1. The average molecular weight is 280 g/mol. The first-order valence-electron chi connectivity index (χ1n) is 6.38. The fourth-order valence-corrected chi connectivity index (χ4v) is 3.14. The van der Waals surface area contributed by atoms with Gasteiger partial charge in [-0.2, -0.15) is 0 Å². The third-order valence-corrected chi connectivity index (χ3v) is 4.29. The van der Waals surface area contributed by atoms with Gasteiger partial charge in [0.05, 0.1) is 16.3 Å². The Morgan fingerprint density at radius 1 is 1.15 bits per heavy atom. The van der Waals surface area contributed by atoms with Crippen LogP contribution in [0.3, 0.4) is 0 Å². The molecule has 0 radical (unpaired) electrons. The summed E-state index contributed by atoms with van der Waals surface area (Å²) in [4.78, 5) is 4.43. The number of thiophene rings is 1. The fourth-order valence-electron chi connectivity index (χ4n) is 2.35. The number of nitrogens with two attached hydrogens (primary N) is 1. The second-order valence-corrected chi connectivity index (χ2v) is 5.68. The van der Waals surface area contributed by atoms with Crippen LogP contribution in [-0.2, 0) is 0 Å². The van der Waals surface area contributed by atoms with Crippen molar-refractivity contribution in [3.05, 3.63) is 65.4 Å². The molecule has 4 aromatic rings. The summed E-state index contributed by atoms with van der Waals surface area (Å²) in [6, 6.07) is 13.7. The quantitative estimate of drug-likeness (QED) is 0.601. The molecule has 0 saturated heterocycles. The van der Waals surface area contributed by atoms with Crippen molar-refractivity contribution in [3.63, 3.8) is 0 Å². The van der Waals surface area contributed by atoms with Gasteiger partial charge in [-0.1, -0.05) is 18.2 Å². The molecule has 1 aromatic carbocycles. The zero-order valence-corrected chi connectivity index (χ0v) is 11.4. The molecule has 98 valence electrons. The maximum absolute atomic E-state index is 6.31. The number of pyridine rings is 1. The van der Waals surface area contributed by atoms with E-state index in [1.807, 2.05) is 48.0 Å². The fraction of sp³-hybridized carbons (Fsp3) is 0.0625. The Labute approximate surface area is 119 Å². The van der Waals surface area contributed by atoms with E-state index in [1.54, 1.807) is 11.3 Å². The highest BCUT2D eigenvalue weighted by molar-refractivity contribution is 7.17. The highest BCUT2D eigenvalue weighted by Crippen LogP contribution is 2.28. The van der Waals surface area contributed by atoms with Crippen LogP contribution >= 0.6 is 11.3 Å². The van der Waals surface area contributed by atoms with Gasteiger partial charge in [0.2, 0.25) is 0 Å². The van der Waals surface area contributed by atoms with Gasteiger partial charge in [-0.15, -0.1) is 11.3 Å². The normalized spacial score (nSPS) is 13.1. The SMILES string of the molecule is NC(c1cnc2ccsc2c1)c1cc2ccccc2o1. The number of rotatable bonds is 2. The maximum atomic E-state index is 6.31. The third kappa shape index (κ3) is 1.81. The van der Waals surface area contributed by atoms with Crippen molar-refractivity contribution in [1.29, 1.82) is 0 Å². The summed E-state index contributed by atoms with van der Waals surface area (Å²) in [6.07, 6.45) is 1.83. The van der Waals surface area contributed by atoms with Crippen LogP contribution in [0.2, 0.25) is 0 Å². The lowest BCUT2D eigenvalue weighted by Gasteiger charge is -2.08. The Bertz CT molecular complexity index is 858. The summed E-state index contributed by atoms with van der Waals surface area (Å²) in [5.74, 6) is 0.768. The lowest BCUT2D eigenvalue weighted by molar-refractivity contribution is 0.525. The van der Waals surface area contributed by atoms with Crippen LogP contribution in [0.15, 0.2) is 58.5 Å². The minimum absolute atomic E-state index is 0.290. The van der Waals surface area contributed by atoms with Crippen molar-refractivity contribution in [2.24, 2.45) is 5.73 Å². The minimum atomic E-state index is -0.290. The van der Waals surface area contributed by atoms with Gasteiger partial charge in [0.1, 0.15) is 11.3 Å². The molecule has 0 aliphatic rings. The monoisotopic (exact) mass is 280 g/mol. The molecular formula is C16H12N2OS. The van der Waals surface area contributed by atoms with Crippen LogP contribution in [0, 0.1) is 0 Å². The predicted octanol–water partition coefficient (Wildman–Crippen LogP) is 4.09. The number of para-hydroxylation sites is 1. The number of nitrogens with zero attached hydrogens (tertiary/aromatic N) is 1. The van der Waals surface area contributed by atoms with E-state index >= 15 is 0 Å². The van der Waals surface area contributed by atoms with E-state index in [-0.39, 0.29) is 6.04 Å². The molecule has 3 heterocycles. The molecule has 0 spiro atoms. The van der Waals surface area contributed by atoms with Crippen LogP contribution in [0.5, 0.6) is 0 Å². The predicted molar refractivity (Wildman–Crippen MR) is 81.9 cm³/mol.